The van der Waals surface area contributed by atoms with Crippen LogP contribution in [-0.4, -0.2) is 59.9 Å². The van der Waals surface area contributed by atoms with Crippen molar-refractivity contribution in [3.05, 3.63) is 84.8 Å². The summed E-state index contributed by atoms with van der Waals surface area (Å²) >= 11 is 0. The molecule has 2 aromatic heterocycles. The molecule has 0 radical (unpaired) electrons. The maximum atomic E-state index is 11.2. The van der Waals surface area contributed by atoms with Crippen molar-refractivity contribution in [1.29, 1.82) is 0 Å². The SMILES string of the molecule is CS(=O)(=O)CCNCCOc1ccc2c(Nc3ccc4c(cnn4Cc4ccccc4)c3)ncnc2c1. The van der Waals surface area contributed by atoms with Crippen LogP contribution in [0.3, 0.4) is 0 Å². The summed E-state index contributed by atoms with van der Waals surface area (Å²) in [5, 5.41) is 13.0. The summed E-state index contributed by atoms with van der Waals surface area (Å²) in [4.78, 5) is 8.84. The maximum absolute atomic E-state index is 11.2. The van der Waals surface area contributed by atoms with E-state index < -0.39 is 9.84 Å². The van der Waals surface area contributed by atoms with Gasteiger partial charge >= 0.3 is 0 Å². The molecule has 0 aliphatic heterocycles. The Bertz CT molecular complexity index is 1620. The van der Waals surface area contributed by atoms with E-state index in [0.29, 0.717) is 31.3 Å². The fourth-order valence-corrected chi connectivity index (χ4v) is 4.55. The van der Waals surface area contributed by atoms with Crippen LogP contribution in [0.4, 0.5) is 11.5 Å². The number of ether oxygens (including phenoxy) is 1. The van der Waals surface area contributed by atoms with Gasteiger partial charge in [0, 0.05) is 41.9 Å². The van der Waals surface area contributed by atoms with Gasteiger partial charge in [-0.2, -0.15) is 5.10 Å². The highest BCUT2D eigenvalue weighted by Gasteiger charge is 2.09. The van der Waals surface area contributed by atoms with Gasteiger partial charge in [0.1, 0.15) is 34.3 Å². The summed E-state index contributed by atoms with van der Waals surface area (Å²) < 4.78 is 30.2. The highest BCUT2D eigenvalue weighted by molar-refractivity contribution is 7.90. The summed E-state index contributed by atoms with van der Waals surface area (Å²) in [6.45, 7) is 2.09. The van der Waals surface area contributed by atoms with E-state index in [-0.39, 0.29) is 5.75 Å². The van der Waals surface area contributed by atoms with Crippen molar-refractivity contribution in [1.82, 2.24) is 25.1 Å². The van der Waals surface area contributed by atoms with Gasteiger partial charge in [-0.1, -0.05) is 30.3 Å². The Morgan fingerprint density at radius 3 is 2.68 bits per heavy atom. The molecule has 2 N–H and O–H groups in total. The van der Waals surface area contributed by atoms with Crippen LogP contribution in [0, 0.1) is 0 Å². The first kappa shape index (κ1) is 24.7. The number of rotatable bonds is 11. The summed E-state index contributed by atoms with van der Waals surface area (Å²) in [7, 11) is -2.96. The van der Waals surface area contributed by atoms with Gasteiger partial charge in [0.25, 0.3) is 0 Å². The van der Waals surface area contributed by atoms with E-state index in [4.69, 9.17) is 4.74 Å². The molecular formula is C27H28N6O3S. The van der Waals surface area contributed by atoms with Crippen molar-refractivity contribution in [2.24, 2.45) is 0 Å². The van der Waals surface area contributed by atoms with Gasteiger partial charge in [-0.3, -0.25) is 4.68 Å². The zero-order valence-electron chi connectivity index (χ0n) is 20.5. The van der Waals surface area contributed by atoms with Crippen LogP contribution in [0.5, 0.6) is 5.75 Å². The van der Waals surface area contributed by atoms with Gasteiger partial charge < -0.3 is 15.4 Å². The molecule has 10 heteroatoms. The molecular weight excluding hydrogens is 488 g/mol. The van der Waals surface area contributed by atoms with Crippen molar-refractivity contribution in [2.75, 3.05) is 37.0 Å². The fraction of sp³-hybridized carbons (Fsp3) is 0.222. The molecule has 5 rings (SSSR count). The van der Waals surface area contributed by atoms with Crippen LogP contribution in [0.2, 0.25) is 0 Å². The molecule has 0 saturated heterocycles. The second kappa shape index (κ2) is 10.9. The minimum Gasteiger partial charge on any atom is -0.492 e. The summed E-state index contributed by atoms with van der Waals surface area (Å²) in [5.41, 5.74) is 3.94. The summed E-state index contributed by atoms with van der Waals surface area (Å²) in [6.07, 6.45) is 4.63. The first-order chi connectivity index (χ1) is 17.9. The third-order valence-electron chi connectivity index (χ3n) is 5.88. The number of nitrogens with one attached hydrogen (secondary N) is 2. The van der Waals surface area contributed by atoms with Crippen LogP contribution >= 0.6 is 0 Å². The molecule has 0 atom stereocenters. The first-order valence-electron chi connectivity index (χ1n) is 12.0. The number of aromatic nitrogens is 4. The predicted molar refractivity (Wildman–Crippen MR) is 146 cm³/mol. The Morgan fingerprint density at radius 1 is 0.973 bits per heavy atom. The van der Waals surface area contributed by atoms with E-state index in [1.165, 1.54) is 18.1 Å². The molecule has 3 aromatic carbocycles. The minimum atomic E-state index is -2.96. The van der Waals surface area contributed by atoms with Crippen molar-refractivity contribution in [2.45, 2.75) is 6.54 Å². The lowest BCUT2D eigenvalue weighted by Crippen LogP contribution is -2.26. The van der Waals surface area contributed by atoms with E-state index in [2.05, 4.69) is 50.0 Å². The second-order valence-corrected chi connectivity index (χ2v) is 11.1. The van der Waals surface area contributed by atoms with Crippen LogP contribution in [0.25, 0.3) is 21.8 Å². The summed E-state index contributed by atoms with van der Waals surface area (Å²) in [6, 6.07) is 22.1. The van der Waals surface area contributed by atoms with Gasteiger partial charge in [-0.25, -0.2) is 18.4 Å². The average Bonchev–Trinajstić information content (AvgIpc) is 3.28. The number of nitrogens with zero attached hydrogens (tertiary/aromatic N) is 4. The number of benzene rings is 3. The Hall–Kier alpha value is -4.02. The minimum absolute atomic E-state index is 0.110. The number of hydrogen-bond donors (Lipinski definition) is 2. The fourth-order valence-electron chi connectivity index (χ4n) is 4.03. The molecule has 2 heterocycles. The molecule has 0 spiro atoms. The Kier molecular flexibility index (Phi) is 7.29. The van der Waals surface area contributed by atoms with Crippen molar-refractivity contribution in [3.8, 4) is 5.75 Å². The zero-order chi connectivity index (χ0) is 25.7. The van der Waals surface area contributed by atoms with Gasteiger partial charge in [0.2, 0.25) is 0 Å². The highest BCUT2D eigenvalue weighted by atomic mass is 32.2. The van der Waals surface area contributed by atoms with E-state index >= 15 is 0 Å². The number of hydrogen-bond acceptors (Lipinski definition) is 8. The smallest absolute Gasteiger partial charge is 0.148 e. The van der Waals surface area contributed by atoms with E-state index in [1.54, 1.807) is 0 Å². The molecule has 0 bridgehead atoms. The molecule has 5 aromatic rings. The highest BCUT2D eigenvalue weighted by Crippen LogP contribution is 2.28. The molecule has 9 nitrogen and oxygen atoms in total. The molecule has 0 fully saturated rings. The van der Waals surface area contributed by atoms with Crippen molar-refractivity contribution < 1.29 is 13.2 Å². The van der Waals surface area contributed by atoms with E-state index in [1.807, 2.05) is 53.3 Å². The lowest BCUT2D eigenvalue weighted by molar-refractivity contribution is 0.316. The third kappa shape index (κ3) is 6.41. The van der Waals surface area contributed by atoms with Gasteiger partial charge in [-0.15, -0.1) is 0 Å². The number of sulfone groups is 1. The second-order valence-electron chi connectivity index (χ2n) is 8.82. The lowest BCUT2D eigenvalue weighted by atomic mass is 10.2. The third-order valence-corrected chi connectivity index (χ3v) is 6.83. The van der Waals surface area contributed by atoms with E-state index in [0.717, 1.165) is 34.0 Å². The molecule has 0 saturated carbocycles. The summed E-state index contributed by atoms with van der Waals surface area (Å²) in [5.74, 6) is 1.50. The molecule has 0 amide bonds. The normalized spacial score (nSPS) is 11.7. The topological polar surface area (TPSA) is 111 Å². The van der Waals surface area contributed by atoms with Crippen LogP contribution in [-0.2, 0) is 16.4 Å². The molecule has 0 aliphatic carbocycles. The van der Waals surface area contributed by atoms with Crippen molar-refractivity contribution >= 4 is 43.1 Å². The van der Waals surface area contributed by atoms with Crippen LogP contribution in [0.15, 0.2) is 79.3 Å². The maximum Gasteiger partial charge on any atom is 0.148 e. The number of anilines is 2. The molecule has 190 valence electrons. The first-order valence-corrected chi connectivity index (χ1v) is 14.0. The Labute approximate surface area is 215 Å². The number of fused-ring (bicyclic) bond motifs is 2. The molecule has 0 aliphatic rings. The van der Waals surface area contributed by atoms with E-state index in [9.17, 15) is 8.42 Å². The average molecular weight is 517 g/mol. The Morgan fingerprint density at radius 2 is 1.84 bits per heavy atom. The largest absolute Gasteiger partial charge is 0.492 e. The zero-order valence-corrected chi connectivity index (χ0v) is 21.3. The predicted octanol–water partition coefficient (Wildman–Crippen LogP) is 3.78. The van der Waals surface area contributed by atoms with Crippen LogP contribution in [0.1, 0.15) is 5.56 Å². The van der Waals surface area contributed by atoms with Gasteiger partial charge in [0.05, 0.1) is 29.5 Å². The lowest BCUT2D eigenvalue weighted by Gasteiger charge is -2.11. The Balaban J connectivity index is 1.24. The molecule has 37 heavy (non-hydrogen) atoms. The quantitative estimate of drug-likeness (QED) is 0.255. The van der Waals surface area contributed by atoms with Gasteiger partial charge in [0.15, 0.2) is 0 Å². The standard InChI is InChI=1S/C27H28N6O3S/c1-37(34,35)14-12-28-11-13-36-23-8-9-24-25(16-23)29-19-30-27(24)32-22-7-10-26-21(15-22)17-31-33(26)18-20-5-3-2-4-6-20/h2-10,15-17,19,28H,11-14,18H2,1H3,(H,29,30,32). The molecule has 0 unspecified atom stereocenters. The van der Waals surface area contributed by atoms with Crippen molar-refractivity contribution in [3.63, 3.8) is 0 Å². The van der Waals surface area contributed by atoms with Gasteiger partial charge in [-0.05, 0) is 35.9 Å². The monoisotopic (exact) mass is 516 g/mol. The van der Waals surface area contributed by atoms with Crippen LogP contribution < -0.4 is 15.4 Å².